The number of halogens is 1. The van der Waals surface area contributed by atoms with Crippen molar-refractivity contribution in [3.05, 3.63) is 34.8 Å². The van der Waals surface area contributed by atoms with Gasteiger partial charge >= 0.3 is 6.09 Å². The van der Waals surface area contributed by atoms with Crippen LogP contribution in [-0.2, 0) is 4.79 Å². The van der Waals surface area contributed by atoms with Crippen molar-refractivity contribution in [3.63, 3.8) is 0 Å². The number of carbonyl (C=O) groups excluding carboxylic acids is 2. The van der Waals surface area contributed by atoms with Crippen LogP contribution in [-0.4, -0.2) is 46.7 Å². The highest BCUT2D eigenvalue weighted by Gasteiger charge is 2.34. The van der Waals surface area contributed by atoms with Gasteiger partial charge in [0.15, 0.2) is 0 Å². The summed E-state index contributed by atoms with van der Waals surface area (Å²) in [7, 11) is 0. The van der Waals surface area contributed by atoms with Gasteiger partial charge in [0.1, 0.15) is 5.75 Å². The van der Waals surface area contributed by atoms with E-state index in [2.05, 4.69) is 24.0 Å². The van der Waals surface area contributed by atoms with E-state index in [1.807, 2.05) is 18.2 Å². The largest absolute Gasteiger partial charge is 0.415 e. The Balaban J connectivity index is 1.65. The van der Waals surface area contributed by atoms with Crippen LogP contribution in [0.5, 0.6) is 5.75 Å². The van der Waals surface area contributed by atoms with Gasteiger partial charge in [0.2, 0.25) is 16.0 Å². The fourth-order valence-corrected chi connectivity index (χ4v) is 4.55. The highest BCUT2D eigenvalue weighted by Crippen LogP contribution is 2.33. The van der Waals surface area contributed by atoms with Crippen LogP contribution in [0.4, 0.5) is 9.93 Å². The van der Waals surface area contributed by atoms with Crippen molar-refractivity contribution in [1.82, 2.24) is 15.1 Å². The third kappa shape index (κ3) is 5.67. The third-order valence-corrected chi connectivity index (χ3v) is 6.12. The number of rotatable bonds is 7. The highest BCUT2D eigenvalue weighted by atomic mass is 35.5. The van der Waals surface area contributed by atoms with E-state index in [9.17, 15) is 9.59 Å². The smallest absolute Gasteiger partial charge is 0.410 e. The molecule has 3 rings (SSSR count). The first-order valence-electron chi connectivity index (χ1n) is 9.72. The number of anilines is 1. The van der Waals surface area contributed by atoms with E-state index in [0.29, 0.717) is 34.4 Å². The molecule has 7 nitrogen and oxygen atoms in total. The molecule has 29 heavy (non-hydrogen) atoms. The second kappa shape index (κ2) is 10.0. The molecular weight excluding hydrogens is 412 g/mol. The zero-order valence-electron chi connectivity index (χ0n) is 16.5. The molecule has 2 amide bonds. The lowest BCUT2D eigenvalue weighted by Crippen LogP contribution is -2.47. The van der Waals surface area contributed by atoms with Gasteiger partial charge in [-0.25, -0.2) is 4.79 Å². The normalized spacial score (nSPS) is 15.9. The van der Waals surface area contributed by atoms with Gasteiger partial charge in [0.05, 0.1) is 0 Å². The molecule has 0 aliphatic carbocycles. The number of hydrogen-bond donors (Lipinski definition) is 0. The summed E-state index contributed by atoms with van der Waals surface area (Å²) in [6.07, 6.45) is 2.91. The first-order chi connectivity index (χ1) is 14.0. The Kier molecular flexibility index (Phi) is 7.44. The number of aromatic nitrogens is 2. The molecule has 0 spiro atoms. The zero-order chi connectivity index (χ0) is 20.8. The Hall–Kier alpha value is -2.19. The van der Waals surface area contributed by atoms with Crippen molar-refractivity contribution >= 4 is 40.6 Å². The lowest BCUT2D eigenvalue weighted by molar-refractivity contribution is -0.108. The number of piperidine rings is 1. The molecular formula is C20H25ClN4O3S. The highest BCUT2D eigenvalue weighted by molar-refractivity contribution is 7.19. The summed E-state index contributed by atoms with van der Waals surface area (Å²) in [6, 6.07) is 9.06. The second-order valence-electron chi connectivity index (χ2n) is 7.55. The summed E-state index contributed by atoms with van der Waals surface area (Å²) in [6.45, 7) is 5.45. The van der Waals surface area contributed by atoms with Gasteiger partial charge in [-0.15, -0.1) is 10.2 Å². The molecule has 0 saturated carbocycles. The summed E-state index contributed by atoms with van der Waals surface area (Å²) in [5, 5.41) is 8.39. The van der Waals surface area contributed by atoms with E-state index in [1.165, 1.54) is 11.3 Å². The minimum atomic E-state index is -0.335. The summed E-state index contributed by atoms with van der Waals surface area (Å²) in [5.74, 6) is 1.20. The van der Waals surface area contributed by atoms with Crippen molar-refractivity contribution in [2.75, 3.05) is 18.0 Å². The van der Waals surface area contributed by atoms with Crippen LogP contribution in [0, 0.1) is 11.8 Å². The summed E-state index contributed by atoms with van der Waals surface area (Å²) < 4.78 is 5.76. The van der Waals surface area contributed by atoms with Crippen molar-refractivity contribution in [3.8, 4) is 5.75 Å². The summed E-state index contributed by atoms with van der Waals surface area (Å²) in [4.78, 5) is 27.7. The Bertz CT molecular complexity index is 809. The molecule has 1 aliphatic heterocycles. The quantitative estimate of drug-likeness (QED) is 0.598. The Morgan fingerprint density at radius 3 is 2.55 bits per heavy atom. The number of amides is 2. The first kappa shape index (κ1) is 21.5. The molecule has 1 aromatic carbocycles. The molecule has 2 heterocycles. The van der Waals surface area contributed by atoms with Gasteiger partial charge in [-0.05, 0) is 54.8 Å². The predicted molar refractivity (Wildman–Crippen MR) is 113 cm³/mol. The first-order valence-corrected chi connectivity index (χ1v) is 10.9. The molecule has 2 aromatic rings. The molecule has 0 N–H and O–H groups in total. The molecule has 1 aromatic heterocycles. The SMILES string of the molecule is CC(C)CC(C1CCN(C(=O)Oc2ccccc2)CC1)N(C=O)c1nnc(Cl)s1. The maximum absolute atomic E-state index is 12.4. The number of carbonyl (C=O) groups is 2. The van der Waals surface area contributed by atoms with Gasteiger partial charge in [-0.1, -0.05) is 43.4 Å². The second-order valence-corrected chi connectivity index (χ2v) is 9.09. The number of likely N-dealkylation sites (tertiary alicyclic amines) is 1. The van der Waals surface area contributed by atoms with E-state index >= 15 is 0 Å². The predicted octanol–water partition coefficient (Wildman–Crippen LogP) is 4.48. The fraction of sp³-hybridized carbons (Fsp3) is 0.500. The van der Waals surface area contributed by atoms with Gasteiger partial charge in [0.25, 0.3) is 0 Å². The van der Waals surface area contributed by atoms with Crippen molar-refractivity contribution < 1.29 is 14.3 Å². The van der Waals surface area contributed by atoms with Gasteiger partial charge in [-0.3, -0.25) is 9.69 Å². The number of benzene rings is 1. The van der Waals surface area contributed by atoms with Crippen molar-refractivity contribution in [2.24, 2.45) is 11.8 Å². The minimum Gasteiger partial charge on any atom is -0.410 e. The third-order valence-electron chi connectivity index (χ3n) is 5.08. The molecule has 0 radical (unpaired) electrons. The molecule has 156 valence electrons. The lowest BCUT2D eigenvalue weighted by Gasteiger charge is -2.39. The van der Waals surface area contributed by atoms with Crippen LogP contribution in [0.15, 0.2) is 30.3 Å². The number of para-hydroxylation sites is 1. The lowest BCUT2D eigenvalue weighted by atomic mass is 9.84. The van der Waals surface area contributed by atoms with E-state index in [4.69, 9.17) is 16.3 Å². The molecule has 0 bridgehead atoms. The standard InChI is InChI=1S/C20H25ClN4O3S/c1-14(2)12-17(25(13-26)19-23-22-18(21)29-19)15-8-10-24(11-9-15)20(27)28-16-6-4-3-5-7-16/h3-7,13-15,17H,8-12H2,1-2H3. The van der Waals surface area contributed by atoms with Crippen LogP contribution in [0.2, 0.25) is 4.47 Å². The van der Waals surface area contributed by atoms with Crippen LogP contribution >= 0.6 is 22.9 Å². The summed E-state index contributed by atoms with van der Waals surface area (Å²) in [5.41, 5.74) is 0. The zero-order valence-corrected chi connectivity index (χ0v) is 18.1. The Morgan fingerprint density at radius 1 is 1.31 bits per heavy atom. The Morgan fingerprint density at radius 2 is 2.00 bits per heavy atom. The maximum Gasteiger partial charge on any atom is 0.415 e. The van der Waals surface area contributed by atoms with E-state index in [1.54, 1.807) is 21.9 Å². The average molecular weight is 437 g/mol. The van der Waals surface area contributed by atoms with Crippen molar-refractivity contribution in [2.45, 2.75) is 39.2 Å². The molecule has 1 aliphatic rings. The van der Waals surface area contributed by atoms with Gasteiger partial charge in [0, 0.05) is 19.1 Å². The van der Waals surface area contributed by atoms with E-state index in [0.717, 1.165) is 25.7 Å². The number of hydrogen-bond acceptors (Lipinski definition) is 6. The maximum atomic E-state index is 12.4. The minimum absolute atomic E-state index is 0.0104. The average Bonchev–Trinajstić information content (AvgIpc) is 3.14. The van der Waals surface area contributed by atoms with Gasteiger partial charge < -0.3 is 9.64 Å². The summed E-state index contributed by atoms with van der Waals surface area (Å²) >= 11 is 7.12. The van der Waals surface area contributed by atoms with Crippen LogP contribution in [0.1, 0.15) is 33.1 Å². The van der Waals surface area contributed by atoms with E-state index in [-0.39, 0.29) is 18.1 Å². The van der Waals surface area contributed by atoms with Crippen molar-refractivity contribution in [1.29, 1.82) is 0 Å². The molecule has 1 fully saturated rings. The van der Waals surface area contributed by atoms with Crippen LogP contribution in [0.3, 0.4) is 0 Å². The van der Waals surface area contributed by atoms with E-state index < -0.39 is 0 Å². The molecule has 1 atom stereocenters. The topological polar surface area (TPSA) is 75.6 Å². The Labute approximate surface area is 179 Å². The molecule has 1 unspecified atom stereocenters. The van der Waals surface area contributed by atoms with Crippen LogP contribution in [0.25, 0.3) is 0 Å². The number of ether oxygens (including phenoxy) is 1. The van der Waals surface area contributed by atoms with Crippen LogP contribution < -0.4 is 9.64 Å². The van der Waals surface area contributed by atoms with Gasteiger partial charge in [-0.2, -0.15) is 0 Å². The molecule has 1 saturated heterocycles. The number of nitrogens with zero attached hydrogens (tertiary/aromatic N) is 4. The molecule has 9 heteroatoms. The fourth-order valence-electron chi connectivity index (χ4n) is 3.70. The monoisotopic (exact) mass is 436 g/mol.